The molecule has 3 heteroatoms. The van der Waals surface area contributed by atoms with Crippen LogP contribution in [0.5, 0.6) is 0 Å². The predicted octanol–water partition coefficient (Wildman–Crippen LogP) is 2.91. The summed E-state index contributed by atoms with van der Waals surface area (Å²) in [7, 11) is 0. The zero-order chi connectivity index (χ0) is 11.4. The van der Waals surface area contributed by atoms with Crippen LogP contribution in [0.1, 0.15) is 4.88 Å². The molecule has 0 aliphatic heterocycles. The SMILES string of the molecule is NC(=O)C=Cc1cc(-c2ccccc2)cs1. The van der Waals surface area contributed by atoms with Crippen molar-refractivity contribution in [1.29, 1.82) is 0 Å². The molecular weight excluding hydrogens is 218 g/mol. The highest BCUT2D eigenvalue weighted by Gasteiger charge is 1.99. The Balaban J connectivity index is 2.23. The van der Waals surface area contributed by atoms with E-state index < -0.39 is 5.91 Å². The molecule has 0 fully saturated rings. The van der Waals surface area contributed by atoms with Gasteiger partial charge in [0, 0.05) is 11.0 Å². The van der Waals surface area contributed by atoms with Crippen LogP contribution in [0.3, 0.4) is 0 Å². The molecule has 0 saturated carbocycles. The minimum atomic E-state index is -0.422. The van der Waals surface area contributed by atoms with Crippen LogP contribution < -0.4 is 5.73 Å². The lowest BCUT2D eigenvalue weighted by Gasteiger charge is -1.94. The van der Waals surface area contributed by atoms with Gasteiger partial charge in [0.25, 0.3) is 0 Å². The molecular formula is C13H11NOS. The second kappa shape index (κ2) is 4.77. The van der Waals surface area contributed by atoms with Gasteiger partial charge in [0.15, 0.2) is 0 Å². The van der Waals surface area contributed by atoms with E-state index >= 15 is 0 Å². The summed E-state index contributed by atoms with van der Waals surface area (Å²) in [5, 5.41) is 2.07. The summed E-state index contributed by atoms with van der Waals surface area (Å²) in [4.78, 5) is 11.6. The van der Waals surface area contributed by atoms with E-state index in [1.807, 2.05) is 24.3 Å². The average Bonchev–Trinajstić information content (AvgIpc) is 2.76. The Labute approximate surface area is 98.0 Å². The molecule has 0 atom stereocenters. The molecule has 2 rings (SSSR count). The normalized spacial score (nSPS) is 10.8. The fourth-order valence-corrected chi connectivity index (χ4v) is 2.20. The number of carbonyl (C=O) groups is 1. The van der Waals surface area contributed by atoms with Crippen LogP contribution in [0, 0.1) is 0 Å². The Morgan fingerprint density at radius 2 is 1.94 bits per heavy atom. The molecule has 16 heavy (non-hydrogen) atoms. The van der Waals surface area contributed by atoms with Crippen molar-refractivity contribution in [3.63, 3.8) is 0 Å². The molecule has 2 nitrogen and oxygen atoms in total. The second-order valence-corrected chi connectivity index (χ2v) is 4.28. The quantitative estimate of drug-likeness (QED) is 0.808. The third kappa shape index (κ3) is 2.58. The first-order valence-corrected chi connectivity index (χ1v) is 5.75. The van der Waals surface area contributed by atoms with E-state index in [9.17, 15) is 4.79 Å². The molecule has 2 N–H and O–H groups in total. The first-order valence-electron chi connectivity index (χ1n) is 4.87. The van der Waals surface area contributed by atoms with Gasteiger partial charge < -0.3 is 5.73 Å². The maximum Gasteiger partial charge on any atom is 0.241 e. The van der Waals surface area contributed by atoms with Gasteiger partial charge in [0.1, 0.15) is 0 Å². The van der Waals surface area contributed by atoms with Crippen LogP contribution in [0.4, 0.5) is 0 Å². The van der Waals surface area contributed by atoms with Gasteiger partial charge in [-0.15, -0.1) is 11.3 Å². The second-order valence-electron chi connectivity index (χ2n) is 3.34. The summed E-state index contributed by atoms with van der Waals surface area (Å²) in [5.41, 5.74) is 7.38. The Morgan fingerprint density at radius 3 is 2.62 bits per heavy atom. The van der Waals surface area contributed by atoms with Gasteiger partial charge in [-0.1, -0.05) is 30.3 Å². The number of carbonyl (C=O) groups excluding carboxylic acids is 1. The number of hydrogen-bond acceptors (Lipinski definition) is 2. The maximum atomic E-state index is 10.6. The zero-order valence-electron chi connectivity index (χ0n) is 8.59. The fourth-order valence-electron chi connectivity index (χ4n) is 1.39. The van der Waals surface area contributed by atoms with Gasteiger partial charge in [0.05, 0.1) is 0 Å². The first kappa shape index (κ1) is 10.6. The Bertz CT molecular complexity index is 514. The lowest BCUT2D eigenvalue weighted by Crippen LogP contribution is -2.04. The number of thiophene rings is 1. The number of nitrogens with two attached hydrogens (primary N) is 1. The highest BCUT2D eigenvalue weighted by molar-refractivity contribution is 7.11. The summed E-state index contributed by atoms with van der Waals surface area (Å²) in [6, 6.07) is 12.2. The number of benzene rings is 1. The zero-order valence-corrected chi connectivity index (χ0v) is 9.41. The third-order valence-corrected chi connectivity index (χ3v) is 3.04. The molecule has 0 bridgehead atoms. The number of amides is 1. The number of rotatable bonds is 3. The molecule has 0 aliphatic rings. The molecule has 2 aromatic rings. The fraction of sp³-hybridized carbons (Fsp3) is 0. The molecule has 1 amide bonds. The smallest absolute Gasteiger partial charge is 0.241 e. The number of hydrogen-bond donors (Lipinski definition) is 1. The molecule has 80 valence electrons. The molecule has 1 aromatic heterocycles. The van der Waals surface area contributed by atoms with Gasteiger partial charge in [-0.25, -0.2) is 0 Å². The topological polar surface area (TPSA) is 43.1 Å². The van der Waals surface area contributed by atoms with E-state index in [0.29, 0.717) is 0 Å². The molecule has 0 saturated heterocycles. The summed E-state index contributed by atoms with van der Waals surface area (Å²) >= 11 is 1.59. The minimum Gasteiger partial charge on any atom is -0.366 e. The average molecular weight is 229 g/mol. The molecule has 0 spiro atoms. The van der Waals surface area contributed by atoms with Crippen molar-refractivity contribution in [2.45, 2.75) is 0 Å². The van der Waals surface area contributed by atoms with Crippen molar-refractivity contribution in [3.8, 4) is 11.1 Å². The molecule has 0 unspecified atom stereocenters. The molecule has 0 aliphatic carbocycles. The Kier molecular flexibility index (Phi) is 3.17. The van der Waals surface area contributed by atoms with Crippen molar-refractivity contribution in [2.75, 3.05) is 0 Å². The molecule has 1 heterocycles. The van der Waals surface area contributed by atoms with Crippen LogP contribution >= 0.6 is 11.3 Å². The lowest BCUT2D eigenvalue weighted by molar-refractivity contribution is -0.113. The van der Waals surface area contributed by atoms with E-state index in [4.69, 9.17) is 5.73 Å². The highest BCUT2D eigenvalue weighted by atomic mass is 32.1. The van der Waals surface area contributed by atoms with Gasteiger partial charge in [-0.05, 0) is 28.6 Å². The van der Waals surface area contributed by atoms with E-state index in [1.54, 1.807) is 17.4 Å². The minimum absolute atomic E-state index is 0.422. The number of primary amides is 1. The van der Waals surface area contributed by atoms with Crippen LogP contribution in [0.15, 0.2) is 47.9 Å². The maximum absolute atomic E-state index is 10.6. The van der Waals surface area contributed by atoms with Crippen LogP contribution in [-0.2, 0) is 4.79 Å². The van der Waals surface area contributed by atoms with Crippen molar-refractivity contribution in [2.24, 2.45) is 5.73 Å². The van der Waals surface area contributed by atoms with E-state index in [-0.39, 0.29) is 0 Å². The van der Waals surface area contributed by atoms with E-state index in [1.165, 1.54) is 11.6 Å². The van der Waals surface area contributed by atoms with Crippen molar-refractivity contribution < 1.29 is 4.79 Å². The van der Waals surface area contributed by atoms with Crippen LogP contribution in [0.2, 0.25) is 0 Å². The van der Waals surface area contributed by atoms with Gasteiger partial charge in [-0.3, -0.25) is 4.79 Å². The van der Waals surface area contributed by atoms with Crippen LogP contribution in [0.25, 0.3) is 17.2 Å². The largest absolute Gasteiger partial charge is 0.366 e. The summed E-state index contributed by atoms with van der Waals surface area (Å²) < 4.78 is 0. The summed E-state index contributed by atoms with van der Waals surface area (Å²) in [6.07, 6.45) is 3.11. The summed E-state index contributed by atoms with van der Waals surface area (Å²) in [5.74, 6) is -0.422. The van der Waals surface area contributed by atoms with Crippen LogP contribution in [-0.4, -0.2) is 5.91 Å². The molecule has 1 aromatic carbocycles. The van der Waals surface area contributed by atoms with Gasteiger partial charge >= 0.3 is 0 Å². The van der Waals surface area contributed by atoms with E-state index in [2.05, 4.69) is 17.5 Å². The summed E-state index contributed by atoms with van der Waals surface area (Å²) in [6.45, 7) is 0. The van der Waals surface area contributed by atoms with E-state index in [0.717, 1.165) is 10.4 Å². The monoisotopic (exact) mass is 229 g/mol. The van der Waals surface area contributed by atoms with Crippen molar-refractivity contribution in [1.82, 2.24) is 0 Å². The Morgan fingerprint density at radius 1 is 1.19 bits per heavy atom. The van der Waals surface area contributed by atoms with Crippen molar-refractivity contribution in [3.05, 3.63) is 52.7 Å². The van der Waals surface area contributed by atoms with Crippen molar-refractivity contribution >= 4 is 23.3 Å². The predicted molar refractivity (Wildman–Crippen MR) is 68.0 cm³/mol. The van der Waals surface area contributed by atoms with Gasteiger partial charge in [-0.2, -0.15) is 0 Å². The Hall–Kier alpha value is -1.87. The standard InChI is InChI=1S/C13H11NOS/c14-13(15)7-6-12-8-11(9-16-12)10-4-2-1-3-5-10/h1-9H,(H2,14,15). The lowest BCUT2D eigenvalue weighted by atomic mass is 10.1. The molecule has 0 radical (unpaired) electrons. The first-order chi connectivity index (χ1) is 7.75. The highest BCUT2D eigenvalue weighted by Crippen LogP contribution is 2.25. The third-order valence-electron chi connectivity index (χ3n) is 2.14. The van der Waals surface area contributed by atoms with Gasteiger partial charge in [0.2, 0.25) is 5.91 Å².